The van der Waals surface area contributed by atoms with Crippen LogP contribution in [0.1, 0.15) is 37.8 Å². The maximum atomic E-state index is 13.2. The van der Waals surface area contributed by atoms with E-state index in [0.717, 1.165) is 5.56 Å². The van der Waals surface area contributed by atoms with Gasteiger partial charge >= 0.3 is 0 Å². The maximum absolute atomic E-state index is 13.2. The van der Waals surface area contributed by atoms with Crippen molar-refractivity contribution in [3.05, 3.63) is 35.9 Å². The second kappa shape index (κ2) is 6.28. The van der Waals surface area contributed by atoms with Crippen LogP contribution in [0.15, 0.2) is 30.3 Å². The molecule has 2 saturated carbocycles. The van der Waals surface area contributed by atoms with Crippen LogP contribution in [-0.4, -0.2) is 44.9 Å². The highest BCUT2D eigenvalue weighted by Crippen LogP contribution is 2.50. The monoisotopic (exact) mass is 357 g/mol. The number of aliphatic hydroxyl groups is 2. The molecule has 4 rings (SSSR count). The molecule has 1 saturated heterocycles. The lowest BCUT2D eigenvalue weighted by Crippen LogP contribution is -2.54. The Kier molecular flexibility index (Phi) is 4.20. The fourth-order valence-electron chi connectivity index (χ4n) is 5.13. The summed E-state index contributed by atoms with van der Waals surface area (Å²) >= 11 is 0. The van der Waals surface area contributed by atoms with Gasteiger partial charge in [-0.2, -0.15) is 0 Å². The van der Waals surface area contributed by atoms with E-state index in [1.54, 1.807) is 0 Å². The summed E-state index contributed by atoms with van der Waals surface area (Å²) in [4.78, 5) is 39.8. The van der Waals surface area contributed by atoms with Crippen molar-refractivity contribution < 1.29 is 24.6 Å². The maximum Gasteiger partial charge on any atom is 0.234 e. The quantitative estimate of drug-likeness (QED) is 0.772. The Balaban J connectivity index is 1.68. The number of imide groups is 1. The van der Waals surface area contributed by atoms with Crippen molar-refractivity contribution in [2.75, 3.05) is 0 Å². The summed E-state index contributed by atoms with van der Waals surface area (Å²) < 4.78 is 0. The minimum absolute atomic E-state index is 0.0774. The van der Waals surface area contributed by atoms with Gasteiger partial charge in [-0.15, -0.1) is 0 Å². The van der Waals surface area contributed by atoms with E-state index in [4.69, 9.17) is 0 Å². The number of likely N-dealkylation sites (tertiary alicyclic amines) is 1. The Hall–Kier alpha value is -2.05. The van der Waals surface area contributed by atoms with Crippen molar-refractivity contribution in [1.29, 1.82) is 0 Å². The fourth-order valence-corrected chi connectivity index (χ4v) is 5.13. The Labute approximate surface area is 151 Å². The molecule has 0 radical (unpaired) electrons. The summed E-state index contributed by atoms with van der Waals surface area (Å²) in [5.74, 6) is -3.01. The van der Waals surface area contributed by atoms with Crippen LogP contribution in [0.25, 0.3) is 0 Å². The molecule has 0 spiro atoms. The SMILES string of the molecule is C[C@@H](c1ccccc1)N1C(=O)[C@H]2[C@H]3[C@H](O)[C@H](O)CC(=O)[C@@H]3CC[C@H]2C1=O. The highest BCUT2D eigenvalue weighted by atomic mass is 16.3. The van der Waals surface area contributed by atoms with Gasteiger partial charge in [-0.1, -0.05) is 30.3 Å². The minimum atomic E-state index is -1.16. The molecule has 0 aromatic heterocycles. The van der Waals surface area contributed by atoms with E-state index < -0.39 is 41.9 Å². The molecule has 1 heterocycles. The summed E-state index contributed by atoms with van der Waals surface area (Å²) in [5, 5.41) is 20.5. The normalized spacial score (nSPS) is 38.1. The van der Waals surface area contributed by atoms with Gasteiger partial charge in [0.15, 0.2) is 0 Å². The molecule has 1 aromatic rings. The third-order valence-electron chi connectivity index (χ3n) is 6.46. The van der Waals surface area contributed by atoms with Crippen LogP contribution in [-0.2, 0) is 14.4 Å². The Morgan fingerprint density at radius 3 is 2.35 bits per heavy atom. The Bertz CT molecular complexity index is 748. The first-order valence-corrected chi connectivity index (χ1v) is 9.22. The van der Waals surface area contributed by atoms with Crippen molar-refractivity contribution >= 4 is 17.6 Å². The minimum Gasteiger partial charge on any atom is -0.390 e. The summed E-state index contributed by atoms with van der Waals surface area (Å²) in [6.45, 7) is 1.82. The number of aliphatic hydroxyl groups excluding tert-OH is 2. The number of carbonyl (C=O) groups excluding carboxylic acids is 3. The van der Waals surface area contributed by atoms with Crippen molar-refractivity contribution in [3.8, 4) is 0 Å². The zero-order chi connectivity index (χ0) is 18.6. The lowest BCUT2D eigenvalue weighted by Gasteiger charge is -2.44. The molecule has 2 amide bonds. The van der Waals surface area contributed by atoms with Crippen LogP contribution in [0.5, 0.6) is 0 Å². The number of Topliss-reactive ketones (excluding diaryl/α,β-unsaturated/α-hetero) is 1. The number of nitrogens with zero attached hydrogens (tertiary/aromatic N) is 1. The first-order chi connectivity index (χ1) is 12.4. The van der Waals surface area contributed by atoms with Crippen LogP contribution in [0.2, 0.25) is 0 Å². The molecule has 138 valence electrons. The lowest BCUT2D eigenvalue weighted by atomic mass is 9.60. The summed E-state index contributed by atoms with van der Waals surface area (Å²) in [6, 6.07) is 8.94. The van der Waals surface area contributed by atoms with Gasteiger partial charge in [-0.25, -0.2) is 0 Å². The van der Waals surface area contributed by atoms with Gasteiger partial charge in [-0.05, 0) is 25.3 Å². The first-order valence-electron chi connectivity index (χ1n) is 9.22. The summed E-state index contributed by atoms with van der Waals surface area (Å²) in [6.07, 6.45) is -1.42. The van der Waals surface area contributed by atoms with Gasteiger partial charge in [0.2, 0.25) is 11.8 Å². The molecule has 7 atom stereocenters. The molecule has 2 aliphatic carbocycles. The third kappa shape index (κ3) is 2.43. The number of ketones is 1. The van der Waals surface area contributed by atoms with Crippen molar-refractivity contribution in [2.45, 2.75) is 44.4 Å². The molecule has 2 N–H and O–H groups in total. The van der Waals surface area contributed by atoms with Crippen molar-refractivity contribution in [2.24, 2.45) is 23.7 Å². The number of hydrogen-bond acceptors (Lipinski definition) is 5. The van der Waals surface area contributed by atoms with Gasteiger partial charge in [0.25, 0.3) is 0 Å². The van der Waals surface area contributed by atoms with Crippen LogP contribution in [0.4, 0.5) is 0 Å². The van der Waals surface area contributed by atoms with Crippen molar-refractivity contribution in [1.82, 2.24) is 4.90 Å². The van der Waals surface area contributed by atoms with Gasteiger partial charge in [-0.3, -0.25) is 19.3 Å². The van der Waals surface area contributed by atoms with Gasteiger partial charge in [0.1, 0.15) is 5.78 Å². The number of rotatable bonds is 2. The Morgan fingerprint density at radius 2 is 1.65 bits per heavy atom. The predicted octanol–water partition coefficient (Wildman–Crippen LogP) is 1.07. The summed E-state index contributed by atoms with van der Waals surface area (Å²) in [7, 11) is 0. The molecule has 0 bridgehead atoms. The number of carbonyl (C=O) groups is 3. The topological polar surface area (TPSA) is 94.9 Å². The summed E-state index contributed by atoms with van der Waals surface area (Å²) in [5.41, 5.74) is 0.865. The number of amides is 2. The number of hydrogen-bond donors (Lipinski definition) is 2. The van der Waals surface area contributed by atoms with E-state index >= 15 is 0 Å². The van der Waals surface area contributed by atoms with Crippen LogP contribution >= 0.6 is 0 Å². The number of fused-ring (bicyclic) bond motifs is 3. The molecule has 3 fully saturated rings. The molecular weight excluding hydrogens is 334 g/mol. The highest BCUT2D eigenvalue weighted by molar-refractivity contribution is 6.06. The lowest BCUT2D eigenvalue weighted by molar-refractivity contribution is -0.156. The zero-order valence-electron chi connectivity index (χ0n) is 14.6. The smallest absolute Gasteiger partial charge is 0.234 e. The van der Waals surface area contributed by atoms with E-state index in [9.17, 15) is 24.6 Å². The average molecular weight is 357 g/mol. The molecule has 0 unspecified atom stereocenters. The molecule has 1 aromatic carbocycles. The molecule has 6 heteroatoms. The molecule has 3 aliphatic rings. The Morgan fingerprint density at radius 1 is 1.00 bits per heavy atom. The van der Waals surface area contributed by atoms with E-state index in [1.165, 1.54) is 4.90 Å². The third-order valence-corrected chi connectivity index (χ3v) is 6.46. The van der Waals surface area contributed by atoms with E-state index in [1.807, 2.05) is 37.3 Å². The van der Waals surface area contributed by atoms with Gasteiger partial charge < -0.3 is 10.2 Å². The second-order valence-electron chi connectivity index (χ2n) is 7.75. The van der Waals surface area contributed by atoms with E-state index in [-0.39, 0.29) is 24.0 Å². The zero-order valence-corrected chi connectivity index (χ0v) is 14.6. The first kappa shape index (κ1) is 17.4. The van der Waals surface area contributed by atoms with Crippen molar-refractivity contribution in [3.63, 3.8) is 0 Å². The van der Waals surface area contributed by atoms with E-state index in [0.29, 0.717) is 12.8 Å². The average Bonchev–Trinajstić information content (AvgIpc) is 2.90. The van der Waals surface area contributed by atoms with Gasteiger partial charge in [0.05, 0.1) is 30.1 Å². The largest absolute Gasteiger partial charge is 0.390 e. The highest BCUT2D eigenvalue weighted by Gasteiger charge is 2.60. The van der Waals surface area contributed by atoms with Gasteiger partial charge in [0, 0.05) is 18.3 Å². The number of benzene rings is 1. The predicted molar refractivity (Wildman–Crippen MR) is 91.5 cm³/mol. The van der Waals surface area contributed by atoms with Crippen LogP contribution in [0.3, 0.4) is 0 Å². The fraction of sp³-hybridized carbons (Fsp3) is 0.550. The molecular formula is C20H23NO5. The molecule has 1 aliphatic heterocycles. The van der Waals surface area contributed by atoms with Crippen LogP contribution < -0.4 is 0 Å². The molecule has 26 heavy (non-hydrogen) atoms. The standard InChI is InChI=1S/C20H23NO5/c1-10(11-5-3-2-4-6-11)21-19(25)13-8-7-12-14(22)9-15(23)18(24)16(12)17(13)20(21)26/h2-6,10,12-13,15-18,23-24H,7-9H2,1H3/t10-,12-,13+,15+,16-,17+,18+/m0/s1. The molecule has 6 nitrogen and oxygen atoms in total. The van der Waals surface area contributed by atoms with E-state index in [2.05, 4.69) is 0 Å². The van der Waals surface area contributed by atoms with Crippen LogP contribution in [0, 0.1) is 23.7 Å². The second-order valence-corrected chi connectivity index (χ2v) is 7.75.